The highest BCUT2D eigenvalue weighted by molar-refractivity contribution is 7.92. The fourth-order valence-corrected chi connectivity index (χ4v) is 5.09. The zero-order valence-electron chi connectivity index (χ0n) is 23.1. The molecular formula is C27H34N4O8S. The number of amides is 4. The highest BCUT2D eigenvalue weighted by Crippen LogP contribution is 2.39. The van der Waals surface area contributed by atoms with E-state index < -0.39 is 33.7 Å². The van der Waals surface area contributed by atoms with Crippen molar-refractivity contribution in [1.29, 1.82) is 0 Å². The van der Waals surface area contributed by atoms with Crippen molar-refractivity contribution in [3.05, 3.63) is 47.5 Å². The van der Waals surface area contributed by atoms with E-state index in [2.05, 4.69) is 10.0 Å². The van der Waals surface area contributed by atoms with Gasteiger partial charge in [0, 0.05) is 35.6 Å². The Hall–Kier alpha value is -3.68. The van der Waals surface area contributed by atoms with Crippen molar-refractivity contribution in [2.75, 3.05) is 54.6 Å². The van der Waals surface area contributed by atoms with Gasteiger partial charge in [-0.2, -0.15) is 0 Å². The number of sulfonamides is 1. The number of nitrogens with one attached hydrogen (secondary N) is 2. The first-order valence-electron chi connectivity index (χ1n) is 12.7. The average molecular weight is 575 g/mol. The van der Waals surface area contributed by atoms with Crippen molar-refractivity contribution >= 4 is 44.9 Å². The second kappa shape index (κ2) is 11.4. The number of benzene rings is 2. The molecule has 216 valence electrons. The van der Waals surface area contributed by atoms with Gasteiger partial charge in [-0.3, -0.25) is 24.1 Å². The molecule has 0 unspecified atom stereocenters. The minimum atomic E-state index is -3.44. The van der Waals surface area contributed by atoms with Gasteiger partial charge in [-0.05, 0) is 41.8 Å². The molecule has 4 amide bonds. The van der Waals surface area contributed by atoms with Gasteiger partial charge in [0.25, 0.3) is 5.91 Å². The van der Waals surface area contributed by atoms with Gasteiger partial charge in [0.2, 0.25) is 15.9 Å². The fraction of sp³-hybridized carbons (Fsp3) is 0.444. The zero-order valence-corrected chi connectivity index (χ0v) is 24.0. The first-order chi connectivity index (χ1) is 18.8. The van der Waals surface area contributed by atoms with Crippen LogP contribution in [0.1, 0.15) is 43.1 Å². The van der Waals surface area contributed by atoms with Crippen molar-refractivity contribution in [3.63, 3.8) is 0 Å². The normalized spacial score (nSPS) is 16.8. The number of carbonyl (C=O) groups is 3. The molecule has 2 fully saturated rings. The molecule has 2 aliphatic rings. The number of anilines is 3. The van der Waals surface area contributed by atoms with Crippen LogP contribution in [0.2, 0.25) is 0 Å². The summed E-state index contributed by atoms with van der Waals surface area (Å²) in [5.41, 5.74) is 1.66. The fourth-order valence-electron chi connectivity index (χ4n) is 4.52. The number of nitrogens with zero attached hydrogens (tertiary/aromatic N) is 2. The summed E-state index contributed by atoms with van der Waals surface area (Å²) >= 11 is 0. The topological polar surface area (TPSA) is 144 Å². The number of urea groups is 1. The first-order valence-corrected chi connectivity index (χ1v) is 14.6. The average Bonchev–Trinajstić information content (AvgIpc) is 3.39. The van der Waals surface area contributed by atoms with Crippen molar-refractivity contribution in [3.8, 4) is 5.75 Å². The Labute approximate surface area is 233 Å². The molecule has 2 aromatic rings. The van der Waals surface area contributed by atoms with Crippen LogP contribution in [0.5, 0.6) is 5.75 Å². The minimum absolute atomic E-state index is 0.0199. The third-order valence-corrected chi connectivity index (χ3v) is 7.03. The maximum absolute atomic E-state index is 13.5. The quantitative estimate of drug-likeness (QED) is 0.490. The van der Waals surface area contributed by atoms with Crippen LogP contribution >= 0.6 is 0 Å². The largest absolute Gasteiger partial charge is 0.496 e. The summed E-state index contributed by atoms with van der Waals surface area (Å²) in [7, 11) is -1.97. The summed E-state index contributed by atoms with van der Waals surface area (Å²) in [6.45, 7) is 6.81. The van der Waals surface area contributed by atoms with Crippen LogP contribution in [0.25, 0.3) is 0 Å². The number of hydrogen-bond donors (Lipinski definition) is 2. The number of carbonyl (C=O) groups excluding carboxylic acids is 3. The second-order valence-electron chi connectivity index (χ2n) is 10.6. The summed E-state index contributed by atoms with van der Waals surface area (Å²) in [6.07, 6.45) is 0.479. The lowest BCUT2D eigenvalue weighted by Gasteiger charge is -2.36. The summed E-state index contributed by atoms with van der Waals surface area (Å²) in [5.74, 6) is -0.455. The highest BCUT2D eigenvalue weighted by Gasteiger charge is 2.37. The van der Waals surface area contributed by atoms with Gasteiger partial charge in [-0.15, -0.1) is 0 Å². The molecule has 4 rings (SSSR count). The molecule has 13 heteroatoms. The second-order valence-corrected chi connectivity index (χ2v) is 12.3. The molecule has 2 heterocycles. The van der Waals surface area contributed by atoms with E-state index in [1.807, 2.05) is 20.8 Å². The molecule has 0 bridgehead atoms. The van der Waals surface area contributed by atoms with Crippen LogP contribution in [0, 0.1) is 0 Å². The van der Waals surface area contributed by atoms with Crippen molar-refractivity contribution in [1.82, 2.24) is 4.90 Å². The molecule has 2 saturated heterocycles. The SMILES string of the molecule is COc1c(C(=O)Nc2ccc(NS(C)(=O)=O)cc2)cc(N2CCC(=O)N(CC3OCCO3)C2=O)cc1C(C)(C)C. The van der Waals surface area contributed by atoms with Crippen LogP contribution < -0.4 is 19.7 Å². The predicted octanol–water partition coefficient (Wildman–Crippen LogP) is 3.15. The summed E-state index contributed by atoms with van der Waals surface area (Å²) < 4.78 is 41.9. The maximum atomic E-state index is 13.5. The Kier molecular flexibility index (Phi) is 8.38. The van der Waals surface area contributed by atoms with Gasteiger partial charge >= 0.3 is 6.03 Å². The third-order valence-electron chi connectivity index (χ3n) is 6.42. The molecule has 12 nitrogen and oxygen atoms in total. The lowest BCUT2D eigenvalue weighted by atomic mass is 9.84. The molecule has 2 aromatic carbocycles. The lowest BCUT2D eigenvalue weighted by Crippen LogP contribution is -2.54. The zero-order chi connectivity index (χ0) is 29.2. The summed E-state index contributed by atoms with van der Waals surface area (Å²) in [4.78, 5) is 42.2. The molecule has 0 radical (unpaired) electrons. The van der Waals surface area contributed by atoms with Crippen LogP contribution in [0.3, 0.4) is 0 Å². The Morgan fingerprint density at radius 2 is 1.70 bits per heavy atom. The molecule has 0 spiro atoms. The van der Waals surface area contributed by atoms with Crippen LogP contribution in [0.15, 0.2) is 36.4 Å². The van der Waals surface area contributed by atoms with E-state index in [4.69, 9.17) is 14.2 Å². The molecular weight excluding hydrogens is 540 g/mol. The van der Waals surface area contributed by atoms with Gasteiger partial charge in [0.15, 0.2) is 6.29 Å². The lowest BCUT2D eigenvalue weighted by molar-refractivity contribution is -0.133. The van der Waals surface area contributed by atoms with Gasteiger partial charge in [0.05, 0.1) is 38.7 Å². The molecule has 40 heavy (non-hydrogen) atoms. The number of ether oxygens (including phenoxy) is 3. The van der Waals surface area contributed by atoms with E-state index in [0.717, 1.165) is 11.2 Å². The maximum Gasteiger partial charge on any atom is 0.331 e. The number of rotatable bonds is 8. The van der Waals surface area contributed by atoms with E-state index in [-0.39, 0.29) is 31.0 Å². The van der Waals surface area contributed by atoms with E-state index in [0.29, 0.717) is 41.6 Å². The summed E-state index contributed by atoms with van der Waals surface area (Å²) in [5, 5.41) is 2.81. The summed E-state index contributed by atoms with van der Waals surface area (Å²) in [6, 6.07) is 9.03. The number of methoxy groups -OCH3 is 1. The van der Waals surface area contributed by atoms with E-state index in [1.165, 1.54) is 24.1 Å². The van der Waals surface area contributed by atoms with Gasteiger partial charge < -0.3 is 19.5 Å². The third kappa shape index (κ3) is 6.72. The van der Waals surface area contributed by atoms with Gasteiger partial charge in [0.1, 0.15) is 5.75 Å². The number of hydrogen-bond acceptors (Lipinski definition) is 8. The molecule has 0 aromatic heterocycles. The smallest absolute Gasteiger partial charge is 0.331 e. The van der Waals surface area contributed by atoms with Gasteiger partial charge in [-0.25, -0.2) is 13.2 Å². The van der Waals surface area contributed by atoms with Crippen molar-refractivity contribution in [2.45, 2.75) is 38.9 Å². The molecule has 2 N–H and O–H groups in total. The standard InChI is InChI=1S/C27H34N4O8S/c1-27(2,3)21-15-19(30-11-10-22(32)31(26(30)34)16-23-38-12-13-39-23)14-20(24(21)37-4)25(33)28-17-6-8-18(9-7-17)29-40(5,35)36/h6-9,14-15,23,29H,10-13,16H2,1-5H3,(H,28,33). The number of imide groups is 1. The highest BCUT2D eigenvalue weighted by atomic mass is 32.2. The van der Waals surface area contributed by atoms with Crippen LogP contribution in [0.4, 0.5) is 21.9 Å². The van der Waals surface area contributed by atoms with E-state index in [9.17, 15) is 22.8 Å². The van der Waals surface area contributed by atoms with Crippen molar-refractivity contribution in [2.24, 2.45) is 0 Å². The van der Waals surface area contributed by atoms with E-state index >= 15 is 0 Å². The predicted molar refractivity (Wildman–Crippen MR) is 149 cm³/mol. The Morgan fingerprint density at radius 3 is 2.27 bits per heavy atom. The van der Waals surface area contributed by atoms with Gasteiger partial charge in [-0.1, -0.05) is 20.8 Å². The molecule has 2 aliphatic heterocycles. The Morgan fingerprint density at radius 1 is 1.07 bits per heavy atom. The molecule has 0 aliphatic carbocycles. The Bertz CT molecular complexity index is 1400. The monoisotopic (exact) mass is 574 g/mol. The van der Waals surface area contributed by atoms with Crippen molar-refractivity contribution < 1.29 is 37.0 Å². The minimum Gasteiger partial charge on any atom is -0.496 e. The Balaban J connectivity index is 1.67. The first kappa shape index (κ1) is 29.3. The van der Waals surface area contributed by atoms with E-state index in [1.54, 1.807) is 24.3 Å². The molecule has 0 saturated carbocycles. The van der Waals surface area contributed by atoms with Crippen LogP contribution in [-0.2, 0) is 29.7 Å². The van der Waals surface area contributed by atoms with Crippen LogP contribution in [-0.4, -0.2) is 77.1 Å². The molecule has 0 atom stereocenters.